The third kappa shape index (κ3) is 4.70. The van der Waals surface area contributed by atoms with Crippen molar-refractivity contribution in [3.8, 4) is 17.1 Å². The lowest BCUT2D eigenvalue weighted by Gasteiger charge is -2.21. The minimum Gasteiger partial charge on any atom is -0.497 e. The number of esters is 1. The third-order valence-corrected chi connectivity index (χ3v) is 5.30. The van der Waals surface area contributed by atoms with Gasteiger partial charge in [-0.3, -0.25) is 0 Å². The van der Waals surface area contributed by atoms with Gasteiger partial charge in [-0.25, -0.2) is 9.59 Å². The van der Waals surface area contributed by atoms with Gasteiger partial charge in [-0.05, 0) is 38.1 Å². The number of rotatable bonds is 8. The molecule has 10 heteroatoms. The standard InChI is InChI=1S/C19H23N5O4S/c1-4-24-16(12-6-8-13(27-3)9-7-12)22-23-19(24)29-11-15-14(17(25)28-5-2)10-20-18(26)21-15/h6-9H,4-5,10-11H2,1-3H3,(H2,20,21,26). The molecule has 1 aromatic heterocycles. The van der Waals surface area contributed by atoms with E-state index in [0.29, 0.717) is 28.7 Å². The maximum atomic E-state index is 12.2. The molecule has 0 spiro atoms. The molecule has 1 aromatic carbocycles. The van der Waals surface area contributed by atoms with E-state index < -0.39 is 5.97 Å². The van der Waals surface area contributed by atoms with Crippen LogP contribution in [0, 0.1) is 0 Å². The molecule has 0 saturated heterocycles. The van der Waals surface area contributed by atoms with Crippen molar-refractivity contribution in [2.45, 2.75) is 25.5 Å². The number of amides is 2. The normalized spacial score (nSPS) is 13.7. The number of carbonyl (C=O) groups excluding carboxylic acids is 2. The molecular formula is C19H23N5O4S. The summed E-state index contributed by atoms with van der Waals surface area (Å²) in [5.74, 6) is 1.44. The Morgan fingerprint density at radius 3 is 2.66 bits per heavy atom. The van der Waals surface area contributed by atoms with Crippen molar-refractivity contribution in [1.82, 2.24) is 25.4 Å². The maximum Gasteiger partial charge on any atom is 0.337 e. The van der Waals surface area contributed by atoms with Gasteiger partial charge in [0.15, 0.2) is 11.0 Å². The zero-order valence-electron chi connectivity index (χ0n) is 16.5. The summed E-state index contributed by atoms with van der Waals surface area (Å²) in [7, 11) is 1.62. The summed E-state index contributed by atoms with van der Waals surface area (Å²) in [5, 5.41) is 14.6. The summed E-state index contributed by atoms with van der Waals surface area (Å²) >= 11 is 1.40. The number of ether oxygens (including phenoxy) is 2. The Hall–Kier alpha value is -3.01. The van der Waals surface area contributed by atoms with Crippen LogP contribution in [0.4, 0.5) is 4.79 Å². The van der Waals surface area contributed by atoms with E-state index in [4.69, 9.17) is 9.47 Å². The average Bonchev–Trinajstić information content (AvgIpc) is 3.15. The van der Waals surface area contributed by atoms with E-state index in [1.165, 1.54) is 11.8 Å². The molecule has 9 nitrogen and oxygen atoms in total. The molecule has 0 aliphatic carbocycles. The summed E-state index contributed by atoms with van der Waals surface area (Å²) < 4.78 is 12.3. The Balaban J connectivity index is 1.81. The highest BCUT2D eigenvalue weighted by Gasteiger charge is 2.24. The highest BCUT2D eigenvalue weighted by atomic mass is 32.2. The fourth-order valence-electron chi connectivity index (χ4n) is 2.84. The van der Waals surface area contributed by atoms with Crippen LogP contribution in [0.2, 0.25) is 0 Å². The molecule has 1 aliphatic rings. The Labute approximate surface area is 172 Å². The Morgan fingerprint density at radius 1 is 1.24 bits per heavy atom. The summed E-state index contributed by atoms with van der Waals surface area (Å²) in [6.45, 7) is 4.83. The molecule has 29 heavy (non-hydrogen) atoms. The monoisotopic (exact) mass is 417 g/mol. The number of hydrogen-bond acceptors (Lipinski definition) is 7. The average molecular weight is 417 g/mol. The molecule has 0 radical (unpaired) electrons. The van der Waals surface area contributed by atoms with Gasteiger partial charge in [0.2, 0.25) is 0 Å². The smallest absolute Gasteiger partial charge is 0.337 e. The predicted molar refractivity (Wildman–Crippen MR) is 109 cm³/mol. The van der Waals surface area contributed by atoms with Crippen LogP contribution in [0.3, 0.4) is 0 Å². The molecule has 2 N–H and O–H groups in total. The predicted octanol–water partition coefficient (Wildman–Crippen LogP) is 2.20. The molecule has 3 rings (SSSR count). The quantitative estimate of drug-likeness (QED) is 0.501. The first-order valence-electron chi connectivity index (χ1n) is 9.21. The molecule has 2 amide bonds. The van der Waals surface area contributed by atoms with Crippen molar-refractivity contribution in [1.29, 1.82) is 0 Å². The number of methoxy groups -OCH3 is 1. The Morgan fingerprint density at radius 2 is 2.00 bits per heavy atom. The van der Waals surface area contributed by atoms with Crippen molar-refractivity contribution < 1.29 is 19.1 Å². The van der Waals surface area contributed by atoms with Gasteiger partial charge in [-0.15, -0.1) is 10.2 Å². The number of nitrogens with zero attached hydrogens (tertiary/aromatic N) is 3. The second kappa shape index (κ2) is 9.46. The molecule has 0 unspecified atom stereocenters. The van der Waals surface area contributed by atoms with Crippen LogP contribution in [0.25, 0.3) is 11.4 Å². The number of carbonyl (C=O) groups is 2. The van der Waals surface area contributed by atoms with Gasteiger partial charge < -0.3 is 24.7 Å². The zero-order chi connectivity index (χ0) is 20.8. The summed E-state index contributed by atoms with van der Waals surface area (Å²) in [4.78, 5) is 23.9. The third-order valence-electron chi connectivity index (χ3n) is 4.30. The first-order chi connectivity index (χ1) is 14.1. The summed E-state index contributed by atoms with van der Waals surface area (Å²) in [6, 6.07) is 7.26. The van der Waals surface area contributed by atoms with Crippen LogP contribution in [-0.4, -0.2) is 52.8 Å². The first-order valence-corrected chi connectivity index (χ1v) is 10.2. The molecule has 154 valence electrons. The van der Waals surface area contributed by atoms with Gasteiger partial charge in [-0.1, -0.05) is 11.8 Å². The minimum atomic E-state index is -0.438. The molecule has 0 saturated carbocycles. The number of thioether (sulfide) groups is 1. The topological polar surface area (TPSA) is 107 Å². The Bertz CT molecular complexity index is 923. The molecule has 1 aliphatic heterocycles. The van der Waals surface area contributed by atoms with E-state index in [0.717, 1.165) is 17.1 Å². The van der Waals surface area contributed by atoms with Crippen molar-refractivity contribution in [2.75, 3.05) is 26.0 Å². The summed E-state index contributed by atoms with van der Waals surface area (Å²) in [5.41, 5.74) is 1.86. The summed E-state index contributed by atoms with van der Waals surface area (Å²) in [6.07, 6.45) is 0. The van der Waals surface area contributed by atoms with E-state index in [2.05, 4.69) is 20.8 Å². The largest absolute Gasteiger partial charge is 0.497 e. The molecule has 2 aromatic rings. The van der Waals surface area contributed by atoms with Crippen LogP contribution in [0.15, 0.2) is 40.7 Å². The van der Waals surface area contributed by atoms with Crippen molar-refractivity contribution in [3.05, 3.63) is 35.5 Å². The van der Waals surface area contributed by atoms with Crippen LogP contribution < -0.4 is 15.4 Å². The SMILES string of the molecule is CCOC(=O)C1=C(CSc2nnc(-c3ccc(OC)cc3)n2CC)NC(=O)NC1. The number of aromatic nitrogens is 3. The zero-order valence-corrected chi connectivity index (χ0v) is 17.3. The molecule has 0 bridgehead atoms. The molecule has 0 fully saturated rings. The van der Waals surface area contributed by atoms with E-state index >= 15 is 0 Å². The second-order valence-electron chi connectivity index (χ2n) is 6.05. The van der Waals surface area contributed by atoms with Crippen molar-refractivity contribution in [3.63, 3.8) is 0 Å². The van der Waals surface area contributed by atoms with Crippen LogP contribution in [0.5, 0.6) is 5.75 Å². The van der Waals surface area contributed by atoms with Gasteiger partial charge in [0.25, 0.3) is 0 Å². The molecule has 2 heterocycles. The van der Waals surface area contributed by atoms with E-state index in [1.54, 1.807) is 14.0 Å². The maximum absolute atomic E-state index is 12.2. The second-order valence-corrected chi connectivity index (χ2v) is 7.00. The van der Waals surface area contributed by atoms with Crippen molar-refractivity contribution in [2.24, 2.45) is 0 Å². The molecule has 0 atom stereocenters. The number of hydrogen-bond donors (Lipinski definition) is 2. The fraction of sp³-hybridized carbons (Fsp3) is 0.368. The minimum absolute atomic E-state index is 0.137. The highest BCUT2D eigenvalue weighted by Crippen LogP contribution is 2.27. The fourth-order valence-corrected chi connectivity index (χ4v) is 3.83. The van der Waals surface area contributed by atoms with Gasteiger partial charge in [-0.2, -0.15) is 0 Å². The van der Waals surface area contributed by atoms with Crippen LogP contribution in [-0.2, 0) is 16.1 Å². The Kier molecular flexibility index (Phi) is 6.76. The number of urea groups is 1. The number of benzene rings is 1. The van der Waals surface area contributed by atoms with E-state index in [9.17, 15) is 9.59 Å². The molecular weight excluding hydrogens is 394 g/mol. The number of nitrogens with one attached hydrogen (secondary N) is 2. The van der Waals surface area contributed by atoms with Crippen molar-refractivity contribution >= 4 is 23.8 Å². The van der Waals surface area contributed by atoms with Gasteiger partial charge in [0.05, 0.1) is 25.8 Å². The lowest BCUT2D eigenvalue weighted by atomic mass is 10.2. The van der Waals surface area contributed by atoms with Gasteiger partial charge in [0.1, 0.15) is 5.75 Å². The van der Waals surface area contributed by atoms with E-state index in [1.807, 2.05) is 35.8 Å². The van der Waals surface area contributed by atoms with E-state index in [-0.39, 0.29) is 19.2 Å². The van der Waals surface area contributed by atoms with Gasteiger partial charge >= 0.3 is 12.0 Å². The highest BCUT2D eigenvalue weighted by molar-refractivity contribution is 7.99. The lowest BCUT2D eigenvalue weighted by molar-refractivity contribution is -0.138. The van der Waals surface area contributed by atoms with Gasteiger partial charge in [0, 0.05) is 23.6 Å². The first kappa shape index (κ1) is 20.7. The van der Waals surface area contributed by atoms with Crippen LogP contribution in [0.1, 0.15) is 13.8 Å². The van der Waals surface area contributed by atoms with Crippen LogP contribution >= 0.6 is 11.8 Å². The lowest BCUT2D eigenvalue weighted by Crippen LogP contribution is -2.44.